The van der Waals surface area contributed by atoms with Crippen molar-refractivity contribution in [1.82, 2.24) is 10.2 Å². The van der Waals surface area contributed by atoms with Crippen molar-refractivity contribution in [1.29, 1.82) is 0 Å². The van der Waals surface area contributed by atoms with Gasteiger partial charge in [-0.1, -0.05) is 6.92 Å². The molecule has 0 aliphatic carbocycles. The van der Waals surface area contributed by atoms with Gasteiger partial charge in [0, 0.05) is 18.6 Å². The van der Waals surface area contributed by atoms with Gasteiger partial charge >= 0.3 is 12.0 Å². The zero-order valence-electron chi connectivity index (χ0n) is 10.8. The monoisotopic (exact) mass is 242 g/mol. The Bertz CT molecular complexity index is 302. The predicted molar refractivity (Wildman–Crippen MR) is 64.8 cm³/mol. The van der Waals surface area contributed by atoms with Crippen LogP contribution in [-0.4, -0.2) is 40.6 Å². The van der Waals surface area contributed by atoms with Gasteiger partial charge < -0.3 is 15.3 Å². The molecule has 1 rings (SSSR count). The third-order valence-electron chi connectivity index (χ3n) is 3.39. The number of likely N-dealkylation sites (tertiary alicyclic amines) is 1. The Kier molecular flexibility index (Phi) is 4.37. The lowest BCUT2D eigenvalue weighted by molar-refractivity contribution is -0.143. The van der Waals surface area contributed by atoms with Gasteiger partial charge in [0.25, 0.3) is 0 Å². The number of carbonyl (C=O) groups is 2. The van der Waals surface area contributed by atoms with Gasteiger partial charge in [-0.25, -0.2) is 4.79 Å². The summed E-state index contributed by atoms with van der Waals surface area (Å²) in [6.45, 7) is 6.90. The highest BCUT2D eigenvalue weighted by atomic mass is 16.4. The van der Waals surface area contributed by atoms with Gasteiger partial charge in [0.2, 0.25) is 0 Å². The van der Waals surface area contributed by atoms with Gasteiger partial charge in [0.05, 0.1) is 5.92 Å². The summed E-state index contributed by atoms with van der Waals surface area (Å²) in [5, 5.41) is 11.9. The average molecular weight is 242 g/mol. The molecule has 1 aliphatic rings. The largest absolute Gasteiger partial charge is 0.481 e. The molecule has 1 fully saturated rings. The summed E-state index contributed by atoms with van der Waals surface area (Å²) in [6, 6.07) is -0.150. The fourth-order valence-corrected chi connectivity index (χ4v) is 1.82. The maximum atomic E-state index is 12.0. The van der Waals surface area contributed by atoms with Crippen LogP contribution in [0.25, 0.3) is 0 Å². The van der Waals surface area contributed by atoms with E-state index in [1.165, 1.54) is 0 Å². The molecule has 0 radical (unpaired) electrons. The van der Waals surface area contributed by atoms with Gasteiger partial charge in [-0.3, -0.25) is 4.79 Å². The lowest BCUT2D eigenvalue weighted by Gasteiger charge is -2.34. The van der Waals surface area contributed by atoms with Crippen molar-refractivity contribution in [3.05, 3.63) is 0 Å². The highest BCUT2D eigenvalue weighted by molar-refractivity contribution is 5.77. The molecule has 5 heteroatoms. The van der Waals surface area contributed by atoms with Gasteiger partial charge in [0.1, 0.15) is 0 Å². The molecular weight excluding hydrogens is 220 g/mol. The number of rotatable bonds is 3. The van der Waals surface area contributed by atoms with Gasteiger partial charge in [-0.05, 0) is 33.1 Å². The van der Waals surface area contributed by atoms with E-state index >= 15 is 0 Å². The Morgan fingerprint density at radius 1 is 1.47 bits per heavy atom. The molecule has 17 heavy (non-hydrogen) atoms. The van der Waals surface area contributed by atoms with E-state index in [0.29, 0.717) is 19.5 Å². The fraction of sp³-hybridized carbons (Fsp3) is 0.833. The van der Waals surface area contributed by atoms with Crippen LogP contribution in [-0.2, 0) is 4.79 Å². The molecule has 2 N–H and O–H groups in total. The normalized spacial score (nSPS) is 21.1. The SMILES string of the molecule is CCC(C)(C)NC(=O)N1CCC[C@@H](C(=O)O)C1. The maximum Gasteiger partial charge on any atom is 0.317 e. The van der Waals surface area contributed by atoms with E-state index in [2.05, 4.69) is 5.32 Å². The number of hydrogen-bond acceptors (Lipinski definition) is 2. The van der Waals surface area contributed by atoms with Crippen LogP contribution in [0.1, 0.15) is 40.0 Å². The first-order valence-corrected chi connectivity index (χ1v) is 6.15. The number of hydrogen-bond donors (Lipinski definition) is 2. The van der Waals surface area contributed by atoms with E-state index < -0.39 is 11.9 Å². The van der Waals surface area contributed by atoms with E-state index in [-0.39, 0.29) is 11.6 Å². The standard InChI is InChI=1S/C12H22N2O3/c1-4-12(2,3)13-11(17)14-7-5-6-9(8-14)10(15)16/h9H,4-8H2,1-3H3,(H,13,17)(H,15,16)/t9-/m1/s1. The average Bonchev–Trinajstić information content (AvgIpc) is 2.28. The van der Waals surface area contributed by atoms with Crippen LogP contribution in [0.4, 0.5) is 4.79 Å². The number of urea groups is 1. The van der Waals surface area contributed by atoms with Crippen LogP contribution in [0.3, 0.4) is 0 Å². The summed E-state index contributed by atoms with van der Waals surface area (Å²) in [7, 11) is 0. The molecular formula is C12H22N2O3. The van der Waals surface area contributed by atoms with Crippen LogP contribution in [0.2, 0.25) is 0 Å². The zero-order chi connectivity index (χ0) is 13.1. The first kappa shape index (κ1) is 13.8. The van der Waals surface area contributed by atoms with Crippen molar-refractivity contribution >= 4 is 12.0 Å². The number of aliphatic carboxylic acids is 1. The molecule has 0 aromatic heterocycles. The van der Waals surface area contributed by atoms with Crippen molar-refractivity contribution in [3.8, 4) is 0 Å². The van der Waals surface area contributed by atoms with Gasteiger partial charge in [-0.15, -0.1) is 0 Å². The second-order valence-corrected chi connectivity index (χ2v) is 5.29. The van der Waals surface area contributed by atoms with E-state index in [9.17, 15) is 9.59 Å². The van der Waals surface area contributed by atoms with E-state index in [4.69, 9.17) is 5.11 Å². The predicted octanol–water partition coefficient (Wildman–Crippen LogP) is 1.68. The number of nitrogens with zero attached hydrogens (tertiary/aromatic N) is 1. The van der Waals surface area contributed by atoms with Gasteiger partial charge in [-0.2, -0.15) is 0 Å². The van der Waals surface area contributed by atoms with Crippen LogP contribution < -0.4 is 5.32 Å². The van der Waals surface area contributed by atoms with Crippen LogP contribution in [0.5, 0.6) is 0 Å². The van der Waals surface area contributed by atoms with Crippen molar-refractivity contribution < 1.29 is 14.7 Å². The number of amides is 2. The number of carbonyl (C=O) groups excluding carboxylic acids is 1. The summed E-state index contributed by atoms with van der Waals surface area (Å²) in [5.74, 6) is -1.23. The second-order valence-electron chi connectivity index (χ2n) is 5.29. The summed E-state index contributed by atoms with van der Waals surface area (Å²) in [6.07, 6.45) is 2.27. The first-order chi connectivity index (χ1) is 7.85. The molecule has 1 saturated heterocycles. The van der Waals surface area contributed by atoms with Crippen molar-refractivity contribution in [2.75, 3.05) is 13.1 Å². The number of carboxylic acid groups (broad SMARTS) is 1. The van der Waals surface area contributed by atoms with Crippen LogP contribution >= 0.6 is 0 Å². The fourth-order valence-electron chi connectivity index (χ4n) is 1.82. The Balaban J connectivity index is 2.55. The summed E-state index contributed by atoms with van der Waals surface area (Å²) >= 11 is 0. The third kappa shape index (κ3) is 3.91. The van der Waals surface area contributed by atoms with Crippen molar-refractivity contribution in [2.45, 2.75) is 45.6 Å². The lowest BCUT2D eigenvalue weighted by atomic mass is 9.98. The lowest BCUT2D eigenvalue weighted by Crippen LogP contribution is -2.53. The molecule has 1 aliphatic heterocycles. The molecule has 0 aromatic rings. The van der Waals surface area contributed by atoms with E-state index in [0.717, 1.165) is 12.8 Å². The minimum absolute atomic E-state index is 0.150. The van der Waals surface area contributed by atoms with E-state index in [1.807, 2.05) is 20.8 Å². The maximum absolute atomic E-state index is 12.0. The molecule has 0 aromatic carbocycles. The smallest absolute Gasteiger partial charge is 0.317 e. The summed E-state index contributed by atoms with van der Waals surface area (Å²) < 4.78 is 0. The third-order valence-corrected chi connectivity index (χ3v) is 3.39. The first-order valence-electron chi connectivity index (χ1n) is 6.15. The minimum Gasteiger partial charge on any atom is -0.481 e. The molecule has 0 saturated carbocycles. The molecule has 5 nitrogen and oxygen atoms in total. The van der Waals surface area contributed by atoms with Crippen molar-refractivity contribution in [2.24, 2.45) is 5.92 Å². The highest BCUT2D eigenvalue weighted by Crippen LogP contribution is 2.17. The highest BCUT2D eigenvalue weighted by Gasteiger charge is 2.29. The van der Waals surface area contributed by atoms with E-state index in [1.54, 1.807) is 4.90 Å². The topological polar surface area (TPSA) is 69.6 Å². The van der Waals surface area contributed by atoms with Crippen molar-refractivity contribution in [3.63, 3.8) is 0 Å². The number of piperidine rings is 1. The quantitative estimate of drug-likeness (QED) is 0.791. The molecule has 1 heterocycles. The van der Waals surface area contributed by atoms with Gasteiger partial charge in [0.15, 0.2) is 0 Å². The Morgan fingerprint density at radius 2 is 2.12 bits per heavy atom. The Hall–Kier alpha value is -1.26. The zero-order valence-corrected chi connectivity index (χ0v) is 10.8. The molecule has 2 amide bonds. The number of carboxylic acids is 1. The van der Waals surface area contributed by atoms with Crippen LogP contribution in [0, 0.1) is 5.92 Å². The Labute approximate surface area is 102 Å². The molecule has 0 unspecified atom stereocenters. The van der Waals surface area contributed by atoms with Crippen LogP contribution in [0.15, 0.2) is 0 Å². The molecule has 0 bridgehead atoms. The minimum atomic E-state index is -0.808. The molecule has 1 atom stereocenters. The number of nitrogens with one attached hydrogen (secondary N) is 1. The summed E-state index contributed by atoms with van der Waals surface area (Å²) in [5.41, 5.74) is -0.243. The second kappa shape index (κ2) is 5.38. The summed E-state index contributed by atoms with van der Waals surface area (Å²) in [4.78, 5) is 24.5. The molecule has 98 valence electrons. The Morgan fingerprint density at radius 3 is 2.65 bits per heavy atom. The molecule has 0 spiro atoms.